The topological polar surface area (TPSA) is 42.2 Å². The van der Waals surface area contributed by atoms with Crippen molar-refractivity contribution in [3.63, 3.8) is 0 Å². The number of nitrogens with zero attached hydrogens (tertiary/aromatic N) is 3. The van der Waals surface area contributed by atoms with Gasteiger partial charge in [0.25, 0.3) is 0 Å². The Labute approximate surface area is 124 Å². The maximum Gasteiger partial charge on any atom is 0.187 e. The molecule has 0 amide bonds. The zero-order chi connectivity index (χ0) is 13.2. The average Bonchev–Trinajstić information content (AvgIpc) is 2.83. The average molecular weight is 340 g/mol. The Morgan fingerprint density at radius 3 is 3.11 bits per heavy atom. The zero-order valence-corrected chi connectivity index (χ0v) is 13.0. The Bertz CT molecular complexity index is 587. The van der Waals surface area contributed by atoms with Crippen LogP contribution in [0.1, 0.15) is 17.0 Å². The van der Waals surface area contributed by atoms with E-state index in [1.807, 2.05) is 24.6 Å². The summed E-state index contributed by atoms with van der Waals surface area (Å²) in [5, 5.41) is 0.863. The molecule has 0 radical (unpaired) electrons. The molecular formula is C13H14BrN3OS. The van der Waals surface area contributed by atoms with Crippen LogP contribution in [0.15, 0.2) is 32.6 Å². The van der Waals surface area contributed by atoms with E-state index in [0.29, 0.717) is 0 Å². The maximum absolute atomic E-state index is 5.55. The van der Waals surface area contributed by atoms with Crippen LogP contribution in [0.5, 0.6) is 0 Å². The summed E-state index contributed by atoms with van der Waals surface area (Å²) >= 11 is 4.92. The second kappa shape index (κ2) is 5.64. The first-order valence-corrected chi connectivity index (χ1v) is 8.12. The molecule has 1 aliphatic heterocycles. The molecule has 0 N–H and O–H groups in total. The van der Waals surface area contributed by atoms with Crippen molar-refractivity contribution < 1.29 is 4.42 Å². The van der Waals surface area contributed by atoms with E-state index < -0.39 is 0 Å². The molecule has 4 nitrogen and oxygen atoms in total. The van der Waals surface area contributed by atoms with E-state index in [-0.39, 0.29) is 0 Å². The highest BCUT2D eigenvalue weighted by Gasteiger charge is 2.19. The highest BCUT2D eigenvalue weighted by atomic mass is 79.9. The highest BCUT2D eigenvalue weighted by Crippen LogP contribution is 2.22. The molecule has 1 aliphatic rings. The van der Waals surface area contributed by atoms with Crippen molar-refractivity contribution in [2.45, 2.75) is 24.7 Å². The van der Waals surface area contributed by atoms with E-state index >= 15 is 0 Å². The molecule has 0 aliphatic carbocycles. The third-order valence-electron chi connectivity index (χ3n) is 3.18. The summed E-state index contributed by atoms with van der Waals surface area (Å²) in [4.78, 5) is 11.3. The van der Waals surface area contributed by atoms with Crippen LogP contribution in [-0.4, -0.2) is 27.7 Å². The minimum absolute atomic E-state index is 0.785. The second-order valence-corrected chi connectivity index (χ2v) is 6.05. The normalized spacial score (nSPS) is 15.5. The molecule has 2 aromatic heterocycles. The second-order valence-electron chi connectivity index (χ2n) is 4.50. The van der Waals surface area contributed by atoms with Crippen molar-refractivity contribution in [2.24, 2.45) is 0 Å². The fourth-order valence-electron chi connectivity index (χ4n) is 2.25. The number of rotatable bonds is 3. The number of thioether (sulfide) groups is 1. The van der Waals surface area contributed by atoms with E-state index in [1.54, 1.807) is 11.8 Å². The molecule has 0 aromatic carbocycles. The molecule has 0 spiro atoms. The van der Waals surface area contributed by atoms with Gasteiger partial charge in [0.05, 0.1) is 12.2 Å². The summed E-state index contributed by atoms with van der Waals surface area (Å²) in [6.45, 7) is 2.73. The summed E-state index contributed by atoms with van der Waals surface area (Å²) in [5.74, 6) is 0.983. The lowest BCUT2D eigenvalue weighted by atomic mass is 10.1. The molecule has 6 heteroatoms. The summed E-state index contributed by atoms with van der Waals surface area (Å²) in [6, 6.07) is 3.94. The zero-order valence-electron chi connectivity index (χ0n) is 10.6. The van der Waals surface area contributed by atoms with Gasteiger partial charge in [-0.15, -0.1) is 0 Å². The summed E-state index contributed by atoms with van der Waals surface area (Å²) in [7, 11) is 0. The van der Waals surface area contributed by atoms with E-state index in [9.17, 15) is 0 Å². The lowest BCUT2D eigenvalue weighted by Crippen LogP contribution is -2.30. The smallest absolute Gasteiger partial charge is 0.187 e. The molecule has 2 aromatic rings. The number of hydrogen-bond donors (Lipinski definition) is 0. The summed E-state index contributed by atoms with van der Waals surface area (Å²) < 4.78 is 6.34. The van der Waals surface area contributed by atoms with E-state index in [0.717, 1.165) is 41.6 Å². The lowest BCUT2D eigenvalue weighted by Gasteiger charge is -2.27. The molecule has 3 heterocycles. The number of fused-ring (bicyclic) bond motifs is 1. The number of hydrogen-bond acceptors (Lipinski definition) is 5. The maximum atomic E-state index is 5.55. The predicted molar refractivity (Wildman–Crippen MR) is 78.0 cm³/mol. The van der Waals surface area contributed by atoms with Gasteiger partial charge in [-0.1, -0.05) is 11.8 Å². The van der Waals surface area contributed by atoms with Crippen LogP contribution in [0, 0.1) is 0 Å². The molecule has 3 rings (SSSR count). The van der Waals surface area contributed by atoms with Crippen molar-refractivity contribution in [3.05, 3.63) is 40.0 Å². The summed E-state index contributed by atoms with van der Waals surface area (Å²) in [6.07, 6.45) is 4.94. The van der Waals surface area contributed by atoms with Crippen molar-refractivity contribution in [3.8, 4) is 0 Å². The largest absolute Gasteiger partial charge is 0.453 e. The molecule has 0 unspecified atom stereocenters. The quantitative estimate of drug-likeness (QED) is 0.634. The van der Waals surface area contributed by atoms with Crippen LogP contribution in [0.2, 0.25) is 0 Å². The standard InChI is InChI=1S/C13H14BrN3OS/c1-19-13-15-6-9-7-17(5-4-11(9)16-13)8-10-2-3-12(14)18-10/h2-3,6H,4-5,7-8H2,1H3. The van der Waals surface area contributed by atoms with Crippen molar-refractivity contribution in [1.82, 2.24) is 14.9 Å². The molecule has 0 bridgehead atoms. The van der Waals surface area contributed by atoms with Gasteiger partial charge in [-0.05, 0) is 34.3 Å². The van der Waals surface area contributed by atoms with Crippen LogP contribution in [0.4, 0.5) is 0 Å². The number of furan rings is 1. The summed E-state index contributed by atoms with van der Waals surface area (Å²) in [5.41, 5.74) is 2.42. The van der Waals surface area contributed by atoms with E-state index in [4.69, 9.17) is 4.42 Å². The first kappa shape index (κ1) is 13.1. The monoisotopic (exact) mass is 339 g/mol. The highest BCUT2D eigenvalue weighted by molar-refractivity contribution is 9.10. The Morgan fingerprint density at radius 2 is 2.37 bits per heavy atom. The minimum Gasteiger partial charge on any atom is -0.453 e. The molecule has 0 atom stereocenters. The predicted octanol–water partition coefficient (Wildman–Crippen LogP) is 3.11. The number of aromatic nitrogens is 2. The van der Waals surface area contributed by atoms with Crippen LogP contribution >= 0.6 is 27.7 Å². The van der Waals surface area contributed by atoms with Crippen LogP contribution < -0.4 is 0 Å². The van der Waals surface area contributed by atoms with Crippen molar-refractivity contribution in [1.29, 1.82) is 0 Å². The fraction of sp³-hybridized carbons (Fsp3) is 0.385. The Balaban J connectivity index is 1.71. The van der Waals surface area contributed by atoms with E-state index in [2.05, 4.69) is 30.8 Å². The molecule has 0 saturated carbocycles. The van der Waals surface area contributed by atoms with Gasteiger partial charge in [0.15, 0.2) is 9.83 Å². The third-order valence-corrected chi connectivity index (χ3v) is 4.17. The molecule has 100 valence electrons. The van der Waals surface area contributed by atoms with Gasteiger partial charge >= 0.3 is 0 Å². The van der Waals surface area contributed by atoms with Gasteiger partial charge in [-0.2, -0.15) is 0 Å². The van der Waals surface area contributed by atoms with Crippen molar-refractivity contribution in [2.75, 3.05) is 12.8 Å². The minimum atomic E-state index is 0.785. The van der Waals surface area contributed by atoms with Gasteiger partial charge < -0.3 is 4.42 Å². The van der Waals surface area contributed by atoms with Crippen LogP contribution in [0.3, 0.4) is 0 Å². The molecule has 0 fully saturated rings. The molecule has 19 heavy (non-hydrogen) atoms. The SMILES string of the molecule is CSc1ncc2c(n1)CCN(Cc1ccc(Br)o1)C2. The fourth-order valence-corrected chi connectivity index (χ4v) is 2.95. The number of halogens is 1. The van der Waals surface area contributed by atoms with Crippen LogP contribution in [0.25, 0.3) is 0 Å². The van der Waals surface area contributed by atoms with Gasteiger partial charge in [-0.25, -0.2) is 9.97 Å². The first-order chi connectivity index (χ1) is 9.24. The lowest BCUT2D eigenvalue weighted by molar-refractivity contribution is 0.221. The molecular weight excluding hydrogens is 326 g/mol. The first-order valence-electron chi connectivity index (χ1n) is 6.10. The van der Waals surface area contributed by atoms with E-state index in [1.165, 1.54) is 11.3 Å². The molecule has 0 saturated heterocycles. The van der Waals surface area contributed by atoms with Gasteiger partial charge in [0, 0.05) is 31.3 Å². The van der Waals surface area contributed by atoms with Crippen molar-refractivity contribution >= 4 is 27.7 Å². The Hall–Kier alpha value is -0.850. The van der Waals surface area contributed by atoms with Crippen LogP contribution in [-0.2, 0) is 19.5 Å². The van der Waals surface area contributed by atoms with Gasteiger partial charge in [-0.3, -0.25) is 4.90 Å². The van der Waals surface area contributed by atoms with Gasteiger partial charge in [0.1, 0.15) is 5.76 Å². The Kier molecular flexibility index (Phi) is 3.91. The van der Waals surface area contributed by atoms with Gasteiger partial charge in [0.2, 0.25) is 0 Å². The Morgan fingerprint density at radius 1 is 1.47 bits per heavy atom. The third kappa shape index (κ3) is 3.01.